The average Bonchev–Trinajstić information content (AvgIpc) is 3.15. The van der Waals surface area contributed by atoms with Crippen molar-refractivity contribution in [1.82, 2.24) is 0 Å². The third kappa shape index (κ3) is 1.65. The zero-order valence-corrected chi connectivity index (χ0v) is 16.5. The quantitative estimate of drug-likeness (QED) is 0.544. The molecule has 1 saturated heterocycles. The van der Waals surface area contributed by atoms with Crippen LogP contribution in [0.15, 0.2) is 48.3 Å². The van der Waals surface area contributed by atoms with Gasteiger partial charge in [-0.2, -0.15) is 0 Å². The van der Waals surface area contributed by atoms with E-state index in [1.54, 1.807) is 0 Å². The van der Waals surface area contributed by atoms with E-state index in [0.717, 1.165) is 49.8 Å². The molecule has 2 heterocycles. The van der Waals surface area contributed by atoms with Gasteiger partial charge in [-0.25, -0.2) is 4.79 Å². The highest BCUT2D eigenvalue weighted by molar-refractivity contribution is 5.98. The lowest BCUT2D eigenvalue weighted by Gasteiger charge is -2.68. The number of carbonyl (C=O) groups excluding carboxylic acids is 2. The fraction of sp³-hybridized carbons (Fsp3) is 0.500. The van der Waals surface area contributed by atoms with Gasteiger partial charge < -0.3 is 9.47 Å². The Bertz CT molecular complexity index is 928. The van der Waals surface area contributed by atoms with E-state index in [1.807, 2.05) is 24.3 Å². The molecule has 4 unspecified atom stereocenters. The molecule has 2 aliphatic heterocycles. The van der Waals surface area contributed by atoms with Gasteiger partial charge >= 0.3 is 11.9 Å². The minimum atomic E-state index is -0.812. The number of fused-ring (bicyclic) bond motifs is 2. The van der Waals surface area contributed by atoms with E-state index in [2.05, 4.69) is 32.1 Å². The summed E-state index contributed by atoms with van der Waals surface area (Å²) in [6, 6.07) is 7.70. The highest BCUT2D eigenvalue weighted by Crippen LogP contribution is 2.83. The Morgan fingerprint density at radius 2 is 2.00 bits per heavy atom. The summed E-state index contributed by atoms with van der Waals surface area (Å²) in [5.74, 6) is 0.175. The van der Waals surface area contributed by atoms with E-state index in [4.69, 9.17) is 9.47 Å². The Morgan fingerprint density at radius 1 is 1.18 bits per heavy atom. The molecule has 4 atom stereocenters. The molecule has 0 radical (unpaired) electrons. The lowest BCUT2D eigenvalue weighted by Crippen LogP contribution is -2.75. The normalized spacial score (nSPS) is 38.6. The molecule has 0 N–H and O–H groups in total. The van der Waals surface area contributed by atoms with Gasteiger partial charge in [-0.3, -0.25) is 4.79 Å². The number of unbranched alkanes of at least 4 members (excludes halogenated alkanes) is 1. The molecule has 2 aliphatic carbocycles. The largest absolute Gasteiger partial charge is 0.449 e. The predicted molar refractivity (Wildman–Crippen MR) is 104 cm³/mol. The predicted octanol–water partition coefficient (Wildman–Crippen LogP) is 5.05. The number of benzene rings is 1. The smallest absolute Gasteiger partial charge is 0.339 e. The second kappa shape index (κ2) is 5.82. The summed E-state index contributed by atoms with van der Waals surface area (Å²) in [6.45, 7) is 4.23. The van der Waals surface area contributed by atoms with Crippen LogP contribution in [0.1, 0.15) is 68.3 Å². The molecule has 146 valence electrons. The molecule has 1 aromatic carbocycles. The summed E-state index contributed by atoms with van der Waals surface area (Å²) in [5, 5.41) is 0. The summed E-state index contributed by atoms with van der Waals surface area (Å²) < 4.78 is 12.3. The maximum Gasteiger partial charge on any atom is 0.339 e. The fourth-order valence-electron chi connectivity index (χ4n) is 6.56. The van der Waals surface area contributed by atoms with E-state index < -0.39 is 16.4 Å². The van der Waals surface area contributed by atoms with Crippen LogP contribution >= 0.6 is 0 Å². The van der Waals surface area contributed by atoms with Crippen LogP contribution in [0.2, 0.25) is 0 Å². The fourth-order valence-corrected chi connectivity index (χ4v) is 6.56. The van der Waals surface area contributed by atoms with Crippen LogP contribution in [-0.2, 0) is 19.9 Å². The van der Waals surface area contributed by atoms with E-state index in [-0.39, 0.29) is 17.9 Å². The summed E-state index contributed by atoms with van der Waals surface area (Å²) in [5.41, 5.74) is -0.588. The van der Waals surface area contributed by atoms with Gasteiger partial charge in [0.2, 0.25) is 0 Å². The molecule has 4 aliphatic rings. The lowest BCUT2D eigenvalue weighted by molar-refractivity contribution is -0.270. The van der Waals surface area contributed by atoms with Crippen molar-refractivity contribution in [3.8, 4) is 0 Å². The molecule has 5 rings (SSSR count). The van der Waals surface area contributed by atoms with E-state index in [0.29, 0.717) is 5.56 Å². The van der Waals surface area contributed by atoms with Gasteiger partial charge in [-0.05, 0) is 37.8 Å². The van der Waals surface area contributed by atoms with Gasteiger partial charge in [-0.1, -0.05) is 57.0 Å². The van der Waals surface area contributed by atoms with Gasteiger partial charge in [0.05, 0.1) is 11.0 Å². The maximum absolute atomic E-state index is 13.3. The van der Waals surface area contributed by atoms with Crippen molar-refractivity contribution >= 4 is 11.9 Å². The molecule has 0 amide bonds. The molecular formula is C24H26O4. The molecule has 28 heavy (non-hydrogen) atoms. The Labute approximate surface area is 165 Å². The first-order valence-electron chi connectivity index (χ1n) is 10.5. The molecule has 1 saturated carbocycles. The number of hydrogen-bond acceptors (Lipinski definition) is 4. The zero-order chi connectivity index (χ0) is 19.6. The maximum atomic E-state index is 13.3. The van der Waals surface area contributed by atoms with Crippen molar-refractivity contribution < 1.29 is 19.1 Å². The van der Waals surface area contributed by atoms with Crippen molar-refractivity contribution in [2.75, 3.05) is 0 Å². The molecule has 0 bridgehead atoms. The van der Waals surface area contributed by atoms with Crippen LogP contribution in [0.4, 0.5) is 0 Å². The number of hydrogen-bond donors (Lipinski definition) is 0. The first-order valence-corrected chi connectivity index (χ1v) is 10.5. The monoisotopic (exact) mass is 378 g/mol. The first-order chi connectivity index (χ1) is 13.6. The summed E-state index contributed by atoms with van der Waals surface area (Å²) in [7, 11) is 0. The Balaban J connectivity index is 1.82. The second-order valence-corrected chi connectivity index (χ2v) is 8.47. The van der Waals surface area contributed by atoms with Gasteiger partial charge in [-0.15, -0.1) is 0 Å². The van der Waals surface area contributed by atoms with Crippen LogP contribution in [0.3, 0.4) is 0 Å². The molecule has 1 aromatic rings. The topological polar surface area (TPSA) is 52.6 Å². The van der Waals surface area contributed by atoms with Gasteiger partial charge in [0.1, 0.15) is 11.2 Å². The van der Waals surface area contributed by atoms with E-state index >= 15 is 0 Å². The highest BCUT2D eigenvalue weighted by Gasteiger charge is 2.90. The van der Waals surface area contributed by atoms with Gasteiger partial charge in [0.15, 0.2) is 5.60 Å². The van der Waals surface area contributed by atoms with E-state index in [1.165, 1.54) is 0 Å². The zero-order valence-electron chi connectivity index (χ0n) is 16.5. The number of rotatable bonds is 4. The van der Waals surface area contributed by atoms with Gasteiger partial charge in [0.25, 0.3) is 0 Å². The summed E-state index contributed by atoms with van der Waals surface area (Å²) >= 11 is 0. The second-order valence-electron chi connectivity index (χ2n) is 8.47. The molecule has 4 nitrogen and oxygen atoms in total. The average molecular weight is 378 g/mol. The number of ether oxygens (including phenoxy) is 2. The number of allylic oxidation sites excluding steroid dienone is 2. The molecule has 0 aromatic heterocycles. The third-order valence-corrected chi connectivity index (χ3v) is 7.40. The van der Waals surface area contributed by atoms with Crippen molar-refractivity contribution in [2.24, 2.45) is 16.7 Å². The standard InChI is InChI=1S/C24H26O4/c1-3-5-13-19-23-15-9-8-14-22(23,21(26)27-19)18(10-4-2)24(23)17-12-7-6-11-16(17)20(25)28-24/h6-8,11-14,18H,3-5,9-10,15H2,1-2H3. The van der Waals surface area contributed by atoms with Crippen LogP contribution < -0.4 is 0 Å². The molecular weight excluding hydrogens is 352 g/mol. The molecule has 4 heteroatoms. The van der Waals surface area contributed by atoms with Crippen LogP contribution in [0.5, 0.6) is 0 Å². The summed E-state index contributed by atoms with van der Waals surface area (Å²) in [4.78, 5) is 26.2. The van der Waals surface area contributed by atoms with Crippen LogP contribution in [0.25, 0.3) is 0 Å². The van der Waals surface area contributed by atoms with Crippen LogP contribution in [-0.4, -0.2) is 11.9 Å². The SMILES string of the molecule is CCCC=C1OC(=O)C23C=CCCC12C1(OC(=O)c2ccccc21)C3CCC. The minimum absolute atomic E-state index is 0.103. The third-order valence-electron chi connectivity index (χ3n) is 7.40. The van der Waals surface area contributed by atoms with Crippen molar-refractivity contribution in [1.29, 1.82) is 0 Å². The van der Waals surface area contributed by atoms with Crippen molar-refractivity contribution in [2.45, 2.75) is 58.0 Å². The molecule has 2 fully saturated rings. The Kier molecular flexibility index (Phi) is 3.68. The number of cyclic esters (lactones) is 1. The number of carbonyl (C=O) groups is 2. The highest BCUT2D eigenvalue weighted by atomic mass is 16.6. The Morgan fingerprint density at radius 3 is 2.79 bits per heavy atom. The minimum Gasteiger partial charge on any atom is -0.449 e. The molecule has 1 spiro atoms. The number of esters is 2. The van der Waals surface area contributed by atoms with Crippen LogP contribution in [0, 0.1) is 16.7 Å². The first kappa shape index (κ1) is 17.7. The van der Waals surface area contributed by atoms with Crippen molar-refractivity contribution in [3.63, 3.8) is 0 Å². The summed E-state index contributed by atoms with van der Waals surface area (Å²) in [6.07, 6.45) is 11.4. The Hall–Kier alpha value is -2.36. The lowest BCUT2D eigenvalue weighted by atomic mass is 9.32. The van der Waals surface area contributed by atoms with Crippen molar-refractivity contribution in [3.05, 3.63) is 59.4 Å². The van der Waals surface area contributed by atoms with E-state index in [9.17, 15) is 9.59 Å². The van der Waals surface area contributed by atoms with Gasteiger partial charge in [0, 0.05) is 11.5 Å².